The van der Waals surface area contributed by atoms with E-state index in [1.165, 1.54) is 11.3 Å². The maximum atomic E-state index is 12.5. The van der Waals surface area contributed by atoms with Gasteiger partial charge < -0.3 is 11.1 Å². The van der Waals surface area contributed by atoms with Gasteiger partial charge in [-0.15, -0.1) is 11.3 Å². The Morgan fingerprint density at radius 3 is 2.63 bits per heavy atom. The quantitative estimate of drug-likeness (QED) is 0.886. The Morgan fingerprint density at radius 1 is 1.32 bits per heavy atom. The Balaban J connectivity index is 2.14. The van der Waals surface area contributed by atoms with Crippen LogP contribution >= 0.6 is 27.3 Å². The first-order chi connectivity index (χ1) is 8.84. The minimum atomic E-state index is -4.54. The molecule has 0 spiro atoms. The lowest BCUT2D eigenvalue weighted by molar-refractivity contribution is -0.141. The molecule has 0 aliphatic carbocycles. The summed E-state index contributed by atoms with van der Waals surface area (Å²) in [5.74, 6) is -0.367. The molecule has 2 aromatic heterocycles. The summed E-state index contributed by atoms with van der Waals surface area (Å²) >= 11 is 4.77. The SMILES string of the molecule is Nc1nc(NCc2cc(Br)cs2)cc(C(F)(F)F)n1. The zero-order valence-corrected chi connectivity index (χ0v) is 11.7. The van der Waals surface area contributed by atoms with Crippen LogP contribution in [0.2, 0.25) is 0 Å². The summed E-state index contributed by atoms with van der Waals surface area (Å²) in [6.45, 7) is 0.365. The number of nitrogen functional groups attached to an aromatic ring is 1. The number of rotatable bonds is 3. The molecular formula is C10H8BrF3N4S. The van der Waals surface area contributed by atoms with Gasteiger partial charge in [0, 0.05) is 20.8 Å². The van der Waals surface area contributed by atoms with Crippen LogP contribution in [0.1, 0.15) is 10.6 Å². The predicted molar refractivity (Wildman–Crippen MR) is 70.8 cm³/mol. The van der Waals surface area contributed by atoms with Crippen molar-refractivity contribution in [1.82, 2.24) is 9.97 Å². The molecule has 2 aromatic rings. The third-order valence-electron chi connectivity index (χ3n) is 2.10. The molecule has 102 valence electrons. The number of alkyl halides is 3. The van der Waals surface area contributed by atoms with Crippen molar-refractivity contribution in [3.63, 3.8) is 0 Å². The molecule has 0 unspecified atom stereocenters. The van der Waals surface area contributed by atoms with Gasteiger partial charge in [0.05, 0.1) is 6.54 Å². The van der Waals surface area contributed by atoms with E-state index in [2.05, 4.69) is 31.2 Å². The van der Waals surface area contributed by atoms with E-state index in [1.54, 1.807) is 0 Å². The Bertz CT molecular complexity index is 584. The first-order valence-electron chi connectivity index (χ1n) is 5.03. The molecule has 3 N–H and O–H groups in total. The summed E-state index contributed by atoms with van der Waals surface area (Å²) in [7, 11) is 0. The third-order valence-corrected chi connectivity index (χ3v) is 3.80. The Kier molecular flexibility index (Phi) is 3.95. The molecule has 0 radical (unpaired) electrons. The van der Waals surface area contributed by atoms with Gasteiger partial charge in [-0.1, -0.05) is 0 Å². The molecule has 0 saturated carbocycles. The molecule has 0 aliphatic rings. The van der Waals surface area contributed by atoms with E-state index in [1.807, 2.05) is 11.4 Å². The van der Waals surface area contributed by atoms with Gasteiger partial charge in [-0.3, -0.25) is 0 Å². The number of thiophene rings is 1. The summed E-state index contributed by atoms with van der Waals surface area (Å²) in [5.41, 5.74) is 4.20. The van der Waals surface area contributed by atoms with Crippen molar-refractivity contribution in [3.05, 3.63) is 32.6 Å². The standard InChI is InChI=1S/C10H8BrF3N4S/c11-5-1-6(19-4-5)3-16-8-2-7(10(12,13)14)17-9(15)18-8/h1-2,4H,3H2,(H3,15,16,17,18). The topological polar surface area (TPSA) is 63.8 Å². The Labute approximate surface area is 119 Å². The highest BCUT2D eigenvalue weighted by Crippen LogP contribution is 2.29. The molecule has 2 heterocycles. The number of anilines is 2. The summed E-state index contributed by atoms with van der Waals surface area (Å²) in [6.07, 6.45) is -4.54. The molecule has 0 aromatic carbocycles. The van der Waals surface area contributed by atoms with Crippen molar-refractivity contribution in [2.75, 3.05) is 11.1 Å². The van der Waals surface area contributed by atoms with Crippen molar-refractivity contribution in [2.45, 2.75) is 12.7 Å². The lowest BCUT2D eigenvalue weighted by Crippen LogP contribution is -2.12. The van der Waals surface area contributed by atoms with Crippen LogP contribution in [0.25, 0.3) is 0 Å². The zero-order chi connectivity index (χ0) is 14.0. The van der Waals surface area contributed by atoms with Crippen LogP contribution in [-0.2, 0) is 12.7 Å². The van der Waals surface area contributed by atoms with Crippen LogP contribution in [0, 0.1) is 0 Å². The van der Waals surface area contributed by atoms with E-state index in [9.17, 15) is 13.2 Å². The molecule has 19 heavy (non-hydrogen) atoms. The van der Waals surface area contributed by atoms with Crippen LogP contribution in [0.15, 0.2) is 22.0 Å². The summed E-state index contributed by atoms with van der Waals surface area (Å²) in [6, 6.07) is 2.70. The van der Waals surface area contributed by atoms with Gasteiger partial charge in [-0.25, -0.2) is 4.98 Å². The zero-order valence-electron chi connectivity index (χ0n) is 9.33. The summed E-state index contributed by atoms with van der Waals surface area (Å²) < 4.78 is 38.5. The van der Waals surface area contributed by atoms with Gasteiger partial charge in [0.25, 0.3) is 0 Å². The smallest absolute Gasteiger partial charge is 0.368 e. The fraction of sp³-hybridized carbons (Fsp3) is 0.200. The molecule has 0 bridgehead atoms. The van der Waals surface area contributed by atoms with Crippen molar-refractivity contribution in [3.8, 4) is 0 Å². The molecule has 0 fully saturated rings. The van der Waals surface area contributed by atoms with Crippen LogP contribution in [0.5, 0.6) is 0 Å². The van der Waals surface area contributed by atoms with E-state index in [0.29, 0.717) is 6.54 Å². The second kappa shape index (κ2) is 5.33. The maximum absolute atomic E-state index is 12.5. The summed E-state index contributed by atoms with van der Waals surface area (Å²) in [5, 5.41) is 4.67. The van der Waals surface area contributed by atoms with Crippen molar-refractivity contribution < 1.29 is 13.2 Å². The van der Waals surface area contributed by atoms with E-state index in [-0.39, 0.29) is 5.82 Å². The number of hydrogen-bond donors (Lipinski definition) is 2. The second-order valence-corrected chi connectivity index (χ2v) is 5.49. The molecule has 2 rings (SSSR count). The van der Waals surface area contributed by atoms with Gasteiger partial charge >= 0.3 is 6.18 Å². The number of aromatic nitrogens is 2. The van der Waals surface area contributed by atoms with Gasteiger partial charge in [-0.2, -0.15) is 18.2 Å². The number of halogens is 4. The highest BCUT2D eigenvalue weighted by atomic mass is 79.9. The van der Waals surface area contributed by atoms with Gasteiger partial charge in [0.15, 0.2) is 5.69 Å². The largest absolute Gasteiger partial charge is 0.433 e. The van der Waals surface area contributed by atoms with E-state index < -0.39 is 17.8 Å². The molecule has 0 aliphatic heterocycles. The highest BCUT2D eigenvalue weighted by Gasteiger charge is 2.33. The second-order valence-electron chi connectivity index (χ2n) is 3.58. The molecule has 4 nitrogen and oxygen atoms in total. The molecule has 0 amide bonds. The third kappa shape index (κ3) is 3.80. The monoisotopic (exact) mass is 352 g/mol. The van der Waals surface area contributed by atoms with E-state index in [0.717, 1.165) is 15.4 Å². The maximum Gasteiger partial charge on any atom is 0.433 e. The van der Waals surface area contributed by atoms with Crippen LogP contribution in [0.3, 0.4) is 0 Å². The fourth-order valence-corrected chi connectivity index (χ4v) is 2.72. The normalized spacial score (nSPS) is 11.6. The van der Waals surface area contributed by atoms with E-state index in [4.69, 9.17) is 5.73 Å². The van der Waals surface area contributed by atoms with Crippen LogP contribution in [0.4, 0.5) is 24.9 Å². The lowest BCUT2D eigenvalue weighted by Gasteiger charge is -2.09. The van der Waals surface area contributed by atoms with Crippen LogP contribution < -0.4 is 11.1 Å². The average Bonchev–Trinajstić information content (AvgIpc) is 2.71. The summed E-state index contributed by atoms with van der Waals surface area (Å²) in [4.78, 5) is 7.83. The van der Waals surface area contributed by atoms with Gasteiger partial charge in [0.1, 0.15) is 5.82 Å². The van der Waals surface area contributed by atoms with E-state index >= 15 is 0 Å². The lowest BCUT2D eigenvalue weighted by atomic mass is 10.3. The van der Waals surface area contributed by atoms with Crippen LogP contribution in [-0.4, -0.2) is 9.97 Å². The minimum Gasteiger partial charge on any atom is -0.368 e. The number of nitrogens with zero attached hydrogens (tertiary/aromatic N) is 2. The average molecular weight is 353 g/mol. The van der Waals surface area contributed by atoms with Gasteiger partial charge in [-0.05, 0) is 22.0 Å². The number of nitrogens with two attached hydrogens (primary N) is 1. The van der Waals surface area contributed by atoms with Crippen molar-refractivity contribution >= 4 is 39.0 Å². The predicted octanol–water partition coefficient (Wildman–Crippen LogP) is 3.51. The molecule has 0 saturated heterocycles. The molecular weight excluding hydrogens is 345 g/mol. The first kappa shape index (κ1) is 14.1. The molecule has 0 atom stereocenters. The highest BCUT2D eigenvalue weighted by molar-refractivity contribution is 9.10. The van der Waals surface area contributed by atoms with Crippen molar-refractivity contribution in [1.29, 1.82) is 0 Å². The number of nitrogens with one attached hydrogen (secondary N) is 1. The number of hydrogen-bond acceptors (Lipinski definition) is 5. The first-order valence-corrected chi connectivity index (χ1v) is 6.70. The Hall–Kier alpha value is -1.35. The molecule has 9 heteroatoms. The minimum absolute atomic E-state index is 0.0457. The fourth-order valence-electron chi connectivity index (χ4n) is 1.33. The van der Waals surface area contributed by atoms with Gasteiger partial charge in [0.2, 0.25) is 5.95 Å². The Morgan fingerprint density at radius 2 is 2.05 bits per heavy atom. The van der Waals surface area contributed by atoms with Crippen molar-refractivity contribution in [2.24, 2.45) is 0 Å².